The Morgan fingerprint density at radius 3 is 2.75 bits per heavy atom. The number of aromatic nitrogens is 3. The Hall–Kier alpha value is -1.59. The monoisotopic (exact) mass is 223 g/mol. The molecule has 1 heterocycles. The predicted octanol–water partition coefficient (Wildman–Crippen LogP) is 0.543. The molecule has 2 N–H and O–H groups in total. The fourth-order valence-electron chi connectivity index (χ4n) is 1.48. The standard InChI is InChI=1S/C10H17N5O/c1-3-15(4-2)10-12-8(13-14-10)9(16)11-7-5-6-7/h7H,3-6H2,1-2H3,(H,11,16)(H,12,13,14). The lowest BCUT2D eigenvalue weighted by molar-refractivity contribution is 0.0941. The molecule has 0 radical (unpaired) electrons. The van der Waals surface area contributed by atoms with Gasteiger partial charge in [-0.05, 0) is 26.7 Å². The Labute approximate surface area is 94.4 Å². The van der Waals surface area contributed by atoms with Gasteiger partial charge < -0.3 is 10.2 Å². The first-order chi connectivity index (χ1) is 7.74. The van der Waals surface area contributed by atoms with Gasteiger partial charge in [0, 0.05) is 19.1 Å². The maximum atomic E-state index is 11.6. The van der Waals surface area contributed by atoms with Crippen LogP contribution in [-0.4, -0.2) is 40.2 Å². The highest BCUT2D eigenvalue weighted by molar-refractivity contribution is 5.91. The summed E-state index contributed by atoms with van der Waals surface area (Å²) in [6.45, 7) is 5.73. The molecule has 1 aliphatic carbocycles. The number of H-pyrrole nitrogens is 1. The molecule has 0 saturated heterocycles. The second kappa shape index (κ2) is 4.51. The average Bonchev–Trinajstić information content (AvgIpc) is 2.96. The number of carbonyl (C=O) groups is 1. The fourth-order valence-corrected chi connectivity index (χ4v) is 1.48. The first kappa shape index (κ1) is 10.9. The zero-order valence-electron chi connectivity index (χ0n) is 9.66. The normalized spacial score (nSPS) is 14.9. The molecule has 0 spiro atoms. The largest absolute Gasteiger partial charge is 0.347 e. The van der Waals surface area contributed by atoms with Crippen LogP contribution in [0.2, 0.25) is 0 Å². The van der Waals surface area contributed by atoms with Crippen LogP contribution in [0.25, 0.3) is 0 Å². The highest BCUT2D eigenvalue weighted by Crippen LogP contribution is 2.19. The van der Waals surface area contributed by atoms with Crippen molar-refractivity contribution in [2.45, 2.75) is 32.7 Å². The smallest absolute Gasteiger partial charge is 0.288 e. The zero-order valence-corrected chi connectivity index (χ0v) is 9.66. The number of amides is 1. The second-order valence-corrected chi connectivity index (χ2v) is 3.90. The van der Waals surface area contributed by atoms with Crippen molar-refractivity contribution >= 4 is 11.9 Å². The molecule has 0 aromatic carbocycles. The van der Waals surface area contributed by atoms with Gasteiger partial charge in [-0.25, -0.2) is 0 Å². The van der Waals surface area contributed by atoms with Gasteiger partial charge in [0.25, 0.3) is 5.91 Å². The van der Waals surface area contributed by atoms with E-state index in [2.05, 4.69) is 20.5 Å². The van der Waals surface area contributed by atoms with Gasteiger partial charge in [0.05, 0.1) is 0 Å². The number of carbonyl (C=O) groups excluding carboxylic acids is 1. The van der Waals surface area contributed by atoms with E-state index in [1.165, 1.54) is 0 Å². The molecular weight excluding hydrogens is 206 g/mol. The first-order valence-corrected chi connectivity index (χ1v) is 5.72. The Balaban J connectivity index is 2.02. The average molecular weight is 223 g/mol. The summed E-state index contributed by atoms with van der Waals surface area (Å²) in [5.41, 5.74) is 0. The summed E-state index contributed by atoms with van der Waals surface area (Å²) in [5.74, 6) is 0.730. The lowest BCUT2D eigenvalue weighted by atomic mass is 10.5. The van der Waals surface area contributed by atoms with Gasteiger partial charge in [0.15, 0.2) is 0 Å². The minimum Gasteiger partial charge on any atom is -0.347 e. The van der Waals surface area contributed by atoms with Crippen LogP contribution >= 0.6 is 0 Å². The van der Waals surface area contributed by atoms with E-state index >= 15 is 0 Å². The zero-order chi connectivity index (χ0) is 11.5. The third-order valence-corrected chi connectivity index (χ3v) is 2.65. The number of nitrogens with zero attached hydrogens (tertiary/aromatic N) is 3. The Kier molecular flexibility index (Phi) is 3.07. The molecular formula is C10H17N5O. The van der Waals surface area contributed by atoms with E-state index < -0.39 is 0 Å². The van der Waals surface area contributed by atoms with Gasteiger partial charge in [-0.1, -0.05) is 0 Å². The molecule has 16 heavy (non-hydrogen) atoms. The summed E-state index contributed by atoms with van der Waals surface area (Å²) in [6.07, 6.45) is 2.14. The molecule has 0 bridgehead atoms. The fraction of sp³-hybridized carbons (Fsp3) is 0.700. The molecule has 1 aromatic rings. The number of anilines is 1. The summed E-state index contributed by atoms with van der Waals surface area (Å²) < 4.78 is 0. The van der Waals surface area contributed by atoms with Crippen molar-refractivity contribution in [3.05, 3.63) is 5.82 Å². The minimum absolute atomic E-state index is 0.159. The van der Waals surface area contributed by atoms with Crippen LogP contribution in [0.5, 0.6) is 0 Å². The van der Waals surface area contributed by atoms with Crippen LogP contribution in [0.15, 0.2) is 0 Å². The molecule has 1 amide bonds. The summed E-state index contributed by atoms with van der Waals surface area (Å²) in [7, 11) is 0. The van der Waals surface area contributed by atoms with Crippen LogP contribution in [-0.2, 0) is 0 Å². The highest BCUT2D eigenvalue weighted by Gasteiger charge is 2.25. The summed E-state index contributed by atoms with van der Waals surface area (Å²) in [6, 6.07) is 0.342. The van der Waals surface area contributed by atoms with Gasteiger partial charge in [-0.3, -0.25) is 9.89 Å². The molecule has 1 aromatic heterocycles. The van der Waals surface area contributed by atoms with E-state index in [1.54, 1.807) is 0 Å². The van der Waals surface area contributed by atoms with E-state index in [4.69, 9.17) is 0 Å². The Morgan fingerprint density at radius 2 is 2.19 bits per heavy atom. The van der Waals surface area contributed by atoms with Crippen LogP contribution in [0, 0.1) is 0 Å². The molecule has 6 heteroatoms. The second-order valence-electron chi connectivity index (χ2n) is 3.90. The lowest BCUT2D eigenvalue weighted by Crippen LogP contribution is -2.27. The Bertz CT molecular complexity index is 367. The minimum atomic E-state index is -0.159. The highest BCUT2D eigenvalue weighted by atomic mass is 16.2. The quantitative estimate of drug-likeness (QED) is 0.764. The maximum absolute atomic E-state index is 11.6. The van der Waals surface area contributed by atoms with E-state index in [-0.39, 0.29) is 5.91 Å². The summed E-state index contributed by atoms with van der Waals surface area (Å²) in [4.78, 5) is 17.8. The number of rotatable bonds is 5. The molecule has 2 rings (SSSR count). The van der Waals surface area contributed by atoms with Crippen molar-refractivity contribution < 1.29 is 4.79 Å². The number of hydrogen-bond acceptors (Lipinski definition) is 4. The van der Waals surface area contributed by atoms with Crippen molar-refractivity contribution in [2.75, 3.05) is 18.0 Å². The maximum Gasteiger partial charge on any atom is 0.288 e. The topological polar surface area (TPSA) is 73.9 Å². The predicted molar refractivity (Wildman–Crippen MR) is 60.4 cm³/mol. The van der Waals surface area contributed by atoms with Crippen molar-refractivity contribution in [2.24, 2.45) is 0 Å². The summed E-state index contributed by atoms with van der Waals surface area (Å²) >= 11 is 0. The summed E-state index contributed by atoms with van der Waals surface area (Å²) in [5, 5.41) is 9.58. The lowest BCUT2D eigenvalue weighted by Gasteiger charge is -2.14. The van der Waals surface area contributed by atoms with Crippen molar-refractivity contribution in [3.8, 4) is 0 Å². The molecule has 1 aliphatic rings. The van der Waals surface area contributed by atoms with E-state index in [0.29, 0.717) is 17.8 Å². The molecule has 0 aliphatic heterocycles. The first-order valence-electron chi connectivity index (χ1n) is 5.72. The number of aromatic amines is 1. The third kappa shape index (κ3) is 2.32. The van der Waals surface area contributed by atoms with Gasteiger partial charge in [0.1, 0.15) is 0 Å². The molecule has 88 valence electrons. The van der Waals surface area contributed by atoms with Gasteiger partial charge in [-0.2, -0.15) is 4.98 Å². The van der Waals surface area contributed by atoms with Gasteiger partial charge in [0.2, 0.25) is 11.8 Å². The van der Waals surface area contributed by atoms with E-state index in [0.717, 1.165) is 25.9 Å². The van der Waals surface area contributed by atoms with Gasteiger partial charge in [-0.15, -0.1) is 5.10 Å². The van der Waals surface area contributed by atoms with Crippen molar-refractivity contribution in [3.63, 3.8) is 0 Å². The van der Waals surface area contributed by atoms with Crippen LogP contribution < -0.4 is 10.2 Å². The van der Waals surface area contributed by atoms with E-state index in [9.17, 15) is 4.79 Å². The number of hydrogen-bond donors (Lipinski definition) is 2. The molecule has 1 fully saturated rings. The van der Waals surface area contributed by atoms with Crippen LogP contribution in [0.1, 0.15) is 37.3 Å². The van der Waals surface area contributed by atoms with Crippen molar-refractivity contribution in [1.82, 2.24) is 20.5 Å². The molecule has 0 atom stereocenters. The third-order valence-electron chi connectivity index (χ3n) is 2.65. The molecule has 0 unspecified atom stereocenters. The number of nitrogens with one attached hydrogen (secondary N) is 2. The van der Waals surface area contributed by atoms with Crippen LogP contribution in [0.3, 0.4) is 0 Å². The van der Waals surface area contributed by atoms with Crippen molar-refractivity contribution in [1.29, 1.82) is 0 Å². The Morgan fingerprint density at radius 1 is 1.50 bits per heavy atom. The van der Waals surface area contributed by atoms with Crippen LogP contribution in [0.4, 0.5) is 5.95 Å². The molecule has 1 saturated carbocycles. The van der Waals surface area contributed by atoms with Gasteiger partial charge >= 0.3 is 0 Å². The van der Waals surface area contributed by atoms with E-state index in [1.807, 2.05) is 18.7 Å². The molecule has 6 nitrogen and oxygen atoms in total. The SMILES string of the molecule is CCN(CC)c1n[nH]c(C(=O)NC2CC2)n1.